The van der Waals surface area contributed by atoms with Crippen LogP contribution in [-0.2, 0) is 23.9 Å². The van der Waals surface area contributed by atoms with Crippen LogP contribution in [0.25, 0.3) is 0 Å². The predicted octanol–water partition coefficient (Wildman–Crippen LogP) is 4.05. The van der Waals surface area contributed by atoms with Gasteiger partial charge in [-0.3, -0.25) is 14.4 Å². The Labute approximate surface area is 229 Å². The molecular formula is C29H39ClN2O6. The number of ether oxygens (including phenoxy) is 2. The molecular weight excluding hydrogens is 508 g/mol. The van der Waals surface area contributed by atoms with E-state index in [2.05, 4.69) is 6.58 Å². The summed E-state index contributed by atoms with van der Waals surface area (Å²) in [5.74, 6) is -2.53. The monoisotopic (exact) mass is 546 g/mol. The molecule has 1 aromatic rings. The highest BCUT2D eigenvalue weighted by molar-refractivity contribution is 6.34. The Morgan fingerprint density at radius 1 is 1.29 bits per heavy atom. The highest BCUT2D eigenvalue weighted by Gasteiger charge is 2.78. The number of rotatable bonds is 12. The number of anilines is 1. The molecule has 9 heteroatoms. The van der Waals surface area contributed by atoms with Gasteiger partial charge in [0, 0.05) is 19.7 Å². The Morgan fingerprint density at radius 3 is 2.68 bits per heavy atom. The summed E-state index contributed by atoms with van der Waals surface area (Å²) in [6.45, 7) is 10.2. The number of amides is 2. The molecule has 5 atom stereocenters. The van der Waals surface area contributed by atoms with Crippen LogP contribution in [0.5, 0.6) is 0 Å². The molecule has 0 aromatic heterocycles. The quantitative estimate of drug-likeness (QED) is 0.241. The number of halogens is 1. The summed E-state index contributed by atoms with van der Waals surface area (Å²) >= 11 is 6.60. The number of carbonyl (C=O) groups excluding carboxylic acids is 3. The van der Waals surface area contributed by atoms with Crippen LogP contribution in [-0.4, -0.2) is 71.3 Å². The molecule has 2 bridgehead atoms. The van der Waals surface area contributed by atoms with E-state index in [4.69, 9.17) is 26.2 Å². The van der Waals surface area contributed by atoms with Crippen LogP contribution < -0.4 is 4.90 Å². The number of fused-ring (bicyclic) bond motifs is 1. The van der Waals surface area contributed by atoms with Gasteiger partial charge in [0.2, 0.25) is 5.91 Å². The molecule has 0 aliphatic carbocycles. The molecule has 1 N–H and O–H groups in total. The molecule has 1 aromatic carbocycles. The lowest BCUT2D eigenvalue weighted by atomic mass is 9.66. The van der Waals surface area contributed by atoms with Crippen molar-refractivity contribution < 1.29 is 29.0 Å². The molecule has 3 aliphatic heterocycles. The van der Waals surface area contributed by atoms with Gasteiger partial charge in [0.25, 0.3) is 5.91 Å². The van der Waals surface area contributed by atoms with E-state index >= 15 is 0 Å². The highest BCUT2D eigenvalue weighted by Crippen LogP contribution is 2.63. The van der Waals surface area contributed by atoms with Crippen molar-refractivity contribution in [1.29, 1.82) is 0 Å². The Kier molecular flexibility index (Phi) is 8.55. The lowest BCUT2D eigenvalue weighted by Crippen LogP contribution is -2.56. The number of aliphatic hydroxyl groups excluding tert-OH is 1. The van der Waals surface area contributed by atoms with Gasteiger partial charge in [-0.1, -0.05) is 42.7 Å². The molecule has 0 radical (unpaired) electrons. The SMILES string of the molecule is C=CCN(C(=O)C1N(CCCCCCO)C(=O)[C@@H]2[C@H](C(=O)OCC)[C@]3(C)CCC12O3)c1c(C)cccc1Cl. The fourth-order valence-electron chi connectivity index (χ4n) is 6.82. The zero-order valence-corrected chi connectivity index (χ0v) is 23.3. The maximum atomic E-state index is 14.6. The molecule has 1 spiro atoms. The number of hydrogen-bond acceptors (Lipinski definition) is 6. The van der Waals surface area contributed by atoms with Crippen molar-refractivity contribution >= 4 is 35.1 Å². The number of likely N-dealkylation sites (tertiary alicyclic amines) is 1. The molecule has 4 rings (SSSR count). The largest absolute Gasteiger partial charge is 0.466 e. The average Bonchev–Trinajstić information content (AvgIpc) is 3.44. The number of nitrogens with zero attached hydrogens (tertiary/aromatic N) is 2. The zero-order valence-electron chi connectivity index (χ0n) is 22.6. The second-order valence-electron chi connectivity index (χ2n) is 10.8. The number of aryl methyl sites for hydroxylation is 1. The van der Waals surface area contributed by atoms with Crippen LogP contribution in [0.15, 0.2) is 30.9 Å². The van der Waals surface area contributed by atoms with Crippen molar-refractivity contribution in [3.05, 3.63) is 41.4 Å². The van der Waals surface area contributed by atoms with Gasteiger partial charge in [-0.2, -0.15) is 0 Å². The molecule has 208 valence electrons. The maximum Gasteiger partial charge on any atom is 0.312 e. The van der Waals surface area contributed by atoms with Crippen molar-refractivity contribution in [2.45, 2.75) is 76.5 Å². The summed E-state index contributed by atoms with van der Waals surface area (Å²) in [7, 11) is 0. The van der Waals surface area contributed by atoms with E-state index in [1.54, 1.807) is 28.9 Å². The number of benzene rings is 1. The molecule has 0 saturated carbocycles. The fourth-order valence-corrected chi connectivity index (χ4v) is 7.14. The van der Waals surface area contributed by atoms with Crippen LogP contribution in [0.3, 0.4) is 0 Å². The van der Waals surface area contributed by atoms with Gasteiger partial charge in [0.15, 0.2) is 0 Å². The number of hydrogen-bond donors (Lipinski definition) is 1. The molecule has 3 heterocycles. The highest BCUT2D eigenvalue weighted by atomic mass is 35.5. The van der Waals surface area contributed by atoms with Crippen molar-refractivity contribution in [1.82, 2.24) is 4.90 Å². The van der Waals surface area contributed by atoms with Crippen molar-refractivity contribution in [3.63, 3.8) is 0 Å². The van der Waals surface area contributed by atoms with Crippen molar-refractivity contribution in [2.75, 3.05) is 31.2 Å². The number of unbranched alkanes of at least 4 members (excludes halogenated alkanes) is 3. The van der Waals surface area contributed by atoms with Gasteiger partial charge in [-0.25, -0.2) is 0 Å². The minimum absolute atomic E-state index is 0.121. The zero-order chi connectivity index (χ0) is 27.7. The van der Waals surface area contributed by atoms with Crippen LogP contribution in [0.4, 0.5) is 5.69 Å². The molecule has 38 heavy (non-hydrogen) atoms. The first kappa shape index (κ1) is 28.6. The first-order chi connectivity index (χ1) is 18.2. The standard InChI is InChI=1S/C29H39ClN2O6/c1-5-16-31(23-19(3)12-11-13-20(23)30)26(35)24-29-15-14-28(4,38-29)22(27(36)37-6-2)21(29)25(34)32(24)17-9-7-8-10-18-33/h5,11-13,21-22,24,33H,1,6-10,14-18H2,2-4H3/t21-,22+,24?,28-,29?/m0/s1. The number of carbonyl (C=O) groups is 3. The third-order valence-electron chi connectivity index (χ3n) is 8.39. The smallest absolute Gasteiger partial charge is 0.312 e. The fraction of sp³-hybridized carbons (Fsp3) is 0.621. The number of esters is 1. The van der Waals surface area contributed by atoms with Crippen molar-refractivity contribution in [2.24, 2.45) is 11.8 Å². The minimum Gasteiger partial charge on any atom is -0.466 e. The van der Waals surface area contributed by atoms with E-state index in [9.17, 15) is 14.4 Å². The third-order valence-corrected chi connectivity index (χ3v) is 8.70. The molecule has 2 amide bonds. The van der Waals surface area contributed by atoms with Gasteiger partial charge in [-0.15, -0.1) is 6.58 Å². The summed E-state index contributed by atoms with van der Waals surface area (Å²) in [5, 5.41) is 9.57. The van der Waals surface area contributed by atoms with E-state index in [0.717, 1.165) is 18.4 Å². The molecule has 3 fully saturated rings. The number of para-hydroxylation sites is 1. The van der Waals surface area contributed by atoms with E-state index in [0.29, 0.717) is 42.9 Å². The predicted molar refractivity (Wildman–Crippen MR) is 145 cm³/mol. The van der Waals surface area contributed by atoms with Gasteiger partial charge in [0.1, 0.15) is 17.6 Å². The first-order valence-corrected chi connectivity index (χ1v) is 14.0. The van der Waals surface area contributed by atoms with Gasteiger partial charge >= 0.3 is 5.97 Å². The molecule has 3 saturated heterocycles. The Balaban J connectivity index is 1.77. The van der Waals surface area contributed by atoms with Crippen molar-refractivity contribution in [3.8, 4) is 0 Å². The lowest BCUT2D eigenvalue weighted by Gasteiger charge is -2.37. The van der Waals surface area contributed by atoms with Gasteiger partial charge < -0.3 is 24.4 Å². The average molecular weight is 547 g/mol. The Morgan fingerprint density at radius 2 is 2.03 bits per heavy atom. The normalized spacial score (nSPS) is 29.4. The summed E-state index contributed by atoms with van der Waals surface area (Å²) in [6, 6.07) is 4.55. The summed E-state index contributed by atoms with van der Waals surface area (Å²) in [5.41, 5.74) is -0.591. The molecule has 8 nitrogen and oxygen atoms in total. The van der Waals surface area contributed by atoms with E-state index in [1.165, 1.54) is 0 Å². The van der Waals surface area contributed by atoms with Gasteiger partial charge in [0.05, 0.1) is 28.8 Å². The maximum absolute atomic E-state index is 14.6. The van der Waals surface area contributed by atoms with Gasteiger partial charge in [-0.05, 0) is 58.1 Å². The lowest BCUT2D eigenvalue weighted by molar-refractivity contribution is -0.159. The molecule has 2 unspecified atom stereocenters. The van der Waals surface area contributed by atoms with Crippen LogP contribution in [0.1, 0.15) is 57.9 Å². The second kappa shape index (κ2) is 11.4. The van der Waals surface area contributed by atoms with Crippen LogP contribution >= 0.6 is 11.6 Å². The first-order valence-electron chi connectivity index (χ1n) is 13.6. The van der Waals surface area contributed by atoms with E-state index < -0.39 is 35.0 Å². The Hall–Kier alpha value is -2.42. The second-order valence-corrected chi connectivity index (χ2v) is 11.2. The van der Waals surface area contributed by atoms with Crippen LogP contribution in [0.2, 0.25) is 5.02 Å². The van der Waals surface area contributed by atoms with E-state index in [1.807, 2.05) is 26.0 Å². The topological polar surface area (TPSA) is 96.4 Å². The summed E-state index contributed by atoms with van der Waals surface area (Å²) < 4.78 is 12.1. The Bertz CT molecular complexity index is 1070. The third kappa shape index (κ3) is 4.65. The van der Waals surface area contributed by atoms with Crippen LogP contribution in [0, 0.1) is 18.8 Å². The molecule has 3 aliphatic rings. The van der Waals surface area contributed by atoms with E-state index in [-0.39, 0.29) is 31.6 Å². The number of aliphatic hydroxyl groups is 1. The minimum atomic E-state index is -1.12. The summed E-state index contributed by atoms with van der Waals surface area (Å²) in [4.78, 5) is 45.0. The summed E-state index contributed by atoms with van der Waals surface area (Å²) in [6.07, 6.45) is 5.69.